The molecular weight excluding hydrogens is 314 g/mol. The number of sulfone groups is 1. The molecule has 0 spiro atoms. The number of carbonyl (C=O) groups excluding carboxylic acids is 1. The van der Waals surface area contributed by atoms with Gasteiger partial charge in [-0.25, -0.2) is 13.1 Å². The smallest absolute Gasteiger partial charge is 0.254 e. The monoisotopic (exact) mass is 327 g/mol. The van der Waals surface area contributed by atoms with Crippen LogP contribution in [0.1, 0.15) is 10.4 Å². The normalized spacial score (nSPS) is 11.3. The third-order valence-electron chi connectivity index (χ3n) is 2.69. The van der Waals surface area contributed by atoms with E-state index in [2.05, 4.69) is 10.4 Å². The van der Waals surface area contributed by atoms with Gasteiger partial charge in [-0.2, -0.15) is 5.10 Å². The van der Waals surface area contributed by atoms with E-state index < -0.39 is 9.84 Å². The Balaban J connectivity index is 2.02. The van der Waals surface area contributed by atoms with Gasteiger partial charge in [0.15, 0.2) is 0 Å². The van der Waals surface area contributed by atoms with Crippen LogP contribution in [0.2, 0.25) is 5.02 Å². The number of hydrogen-bond acceptors (Lipinski definition) is 4. The average molecular weight is 328 g/mol. The minimum atomic E-state index is -3.09. The Kier molecular flexibility index (Phi) is 4.64. The number of amides is 1. The minimum Gasteiger partial charge on any atom is -0.351 e. The quantitative estimate of drug-likeness (QED) is 0.897. The van der Waals surface area contributed by atoms with E-state index in [9.17, 15) is 13.2 Å². The van der Waals surface area contributed by atoms with Crippen LogP contribution in [0.4, 0.5) is 0 Å². The van der Waals surface area contributed by atoms with Crippen LogP contribution >= 0.6 is 11.6 Å². The van der Waals surface area contributed by atoms with Crippen LogP contribution in [0, 0.1) is 0 Å². The van der Waals surface area contributed by atoms with Crippen molar-refractivity contribution in [2.75, 3.05) is 18.6 Å². The fraction of sp³-hybridized carbons (Fsp3) is 0.231. The van der Waals surface area contributed by atoms with Crippen molar-refractivity contribution in [2.45, 2.75) is 0 Å². The lowest BCUT2D eigenvalue weighted by molar-refractivity contribution is 0.0956. The summed E-state index contributed by atoms with van der Waals surface area (Å²) in [4.78, 5) is 11.8. The second-order valence-electron chi connectivity index (χ2n) is 4.54. The van der Waals surface area contributed by atoms with Crippen LogP contribution in [0.25, 0.3) is 5.69 Å². The third-order valence-corrected chi connectivity index (χ3v) is 3.89. The van der Waals surface area contributed by atoms with Gasteiger partial charge < -0.3 is 5.32 Å². The summed E-state index contributed by atoms with van der Waals surface area (Å²) in [5.41, 5.74) is 1.13. The standard InChI is InChI=1S/C13H14ClN3O3S/c1-21(19,20)7-6-15-13(18)10-8-16-17(9-10)12-4-2-11(14)3-5-12/h2-5,8-9H,6-7H2,1H3,(H,15,18). The molecule has 0 aliphatic rings. The molecule has 6 nitrogen and oxygen atoms in total. The van der Waals surface area contributed by atoms with Gasteiger partial charge in [-0.3, -0.25) is 4.79 Å². The van der Waals surface area contributed by atoms with Crippen LogP contribution in [0.5, 0.6) is 0 Å². The summed E-state index contributed by atoms with van der Waals surface area (Å²) in [5, 5.41) is 7.24. The maximum Gasteiger partial charge on any atom is 0.254 e. The lowest BCUT2D eigenvalue weighted by atomic mass is 10.3. The lowest BCUT2D eigenvalue weighted by Gasteiger charge is -2.02. The van der Waals surface area contributed by atoms with Crippen molar-refractivity contribution in [3.8, 4) is 5.69 Å². The highest BCUT2D eigenvalue weighted by molar-refractivity contribution is 7.90. The highest BCUT2D eigenvalue weighted by Gasteiger charge is 2.10. The summed E-state index contributed by atoms with van der Waals surface area (Å²) in [6.07, 6.45) is 4.11. The maximum atomic E-state index is 11.8. The zero-order valence-electron chi connectivity index (χ0n) is 11.3. The molecule has 0 unspecified atom stereocenters. The summed E-state index contributed by atoms with van der Waals surface area (Å²) >= 11 is 5.81. The molecule has 21 heavy (non-hydrogen) atoms. The third kappa shape index (κ3) is 4.57. The molecule has 8 heteroatoms. The molecule has 0 aliphatic heterocycles. The van der Waals surface area contributed by atoms with Gasteiger partial charge in [0.25, 0.3) is 5.91 Å². The van der Waals surface area contributed by atoms with Crippen molar-refractivity contribution >= 4 is 27.3 Å². The van der Waals surface area contributed by atoms with Crippen LogP contribution in [0.15, 0.2) is 36.7 Å². The van der Waals surface area contributed by atoms with Crippen LogP contribution in [-0.4, -0.2) is 42.7 Å². The number of halogens is 1. The first-order valence-corrected chi connectivity index (χ1v) is 8.55. The van der Waals surface area contributed by atoms with Gasteiger partial charge in [0.05, 0.1) is 23.2 Å². The Hall–Kier alpha value is -1.86. The molecule has 1 amide bonds. The number of nitrogens with zero attached hydrogens (tertiary/aromatic N) is 2. The molecule has 0 radical (unpaired) electrons. The Morgan fingerprint density at radius 2 is 2.00 bits per heavy atom. The van der Waals surface area contributed by atoms with Crippen molar-refractivity contribution in [3.63, 3.8) is 0 Å². The molecule has 0 fully saturated rings. The van der Waals surface area contributed by atoms with Crippen molar-refractivity contribution < 1.29 is 13.2 Å². The number of benzene rings is 1. The number of rotatable bonds is 5. The Bertz CT molecular complexity index is 738. The van der Waals surface area contributed by atoms with Gasteiger partial charge in [0, 0.05) is 24.0 Å². The number of carbonyl (C=O) groups is 1. The summed E-state index contributed by atoms with van der Waals surface area (Å²) in [7, 11) is -3.09. The topological polar surface area (TPSA) is 81.1 Å². The fourth-order valence-corrected chi connectivity index (χ4v) is 2.23. The van der Waals surface area contributed by atoms with Crippen LogP contribution in [0.3, 0.4) is 0 Å². The van der Waals surface area contributed by atoms with Gasteiger partial charge in [-0.05, 0) is 24.3 Å². The first kappa shape index (κ1) is 15.5. The van der Waals surface area contributed by atoms with Gasteiger partial charge in [-0.15, -0.1) is 0 Å². The molecule has 2 rings (SSSR count). The summed E-state index contributed by atoms with van der Waals surface area (Å²) < 4.78 is 23.5. The SMILES string of the molecule is CS(=O)(=O)CCNC(=O)c1cnn(-c2ccc(Cl)cc2)c1. The molecule has 0 atom stereocenters. The molecule has 0 saturated heterocycles. The van der Waals surface area contributed by atoms with Crippen molar-refractivity contribution in [3.05, 3.63) is 47.2 Å². The Labute approximate surface area is 127 Å². The molecule has 2 aromatic rings. The average Bonchev–Trinajstić information content (AvgIpc) is 2.87. The van der Waals surface area contributed by atoms with Gasteiger partial charge in [-0.1, -0.05) is 11.6 Å². The molecule has 0 aliphatic carbocycles. The van der Waals surface area contributed by atoms with E-state index in [4.69, 9.17) is 11.6 Å². The highest BCUT2D eigenvalue weighted by atomic mass is 35.5. The molecule has 1 aromatic carbocycles. The molecule has 1 aromatic heterocycles. The zero-order valence-corrected chi connectivity index (χ0v) is 12.9. The predicted octanol–water partition coefficient (Wildman–Crippen LogP) is 1.30. The van der Waals surface area contributed by atoms with Gasteiger partial charge >= 0.3 is 0 Å². The highest BCUT2D eigenvalue weighted by Crippen LogP contribution is 2.13. The molecule has 0 bridgehead atoms. The van der Waals surface area contributed by atoms with Crippen molar-refractivity contribution in [1.29, 1.82) is 0 Å². The lowest BCUT2D eigenvalue weighted by Crippen LogP contribution is -2.28. The van der Waals surface area contributed by atoms with Gasteiger partial charge in [0.2, 0.25) is 0 Å². The fourth-order valence-electron chi connectivity index (χ4n) is 1.63. The Morgan fingerprint density at radius 1 is 1.33 bits per heavy atom. The van der Waals surface area contributed by atoms with Gasteiger partial charge in [0.1, 0.15) is 9.84 Å². The molecule has 0 saturated carbocycles. The zero-order chi connectivity index (χ0) is 15.5. The molecule has 1 N–H and O–H groups in total. The summed E-state index contributed by atoms with van der Waals surface area (Å²) in [6.45, 7) is 0.0732. The molecule has 1 heterocycles. The second-order valence-corrected chi connectivity index (χ2v) is 7.23. The summed E-state index contributed by atoms with van der Waals surface area (Å²) in [6, 6.07) is 7.01. The van der Waals surface area contributed by atoms with E-state index in [1.165, 1.54) is 6.20 Å². The van der Waals surface area contributed by atoms with E-state index in [0.717, 1.165) is 11.9 Å². The predicted molar refractivity (Wildman–Crippen MR) is 80.6 cm³/mol. The van der Waals surface area contributed by atoms with E-state index in [1.807, 2.05) is 0 Å². The maximum absolute atomic E-state index is 11.8. The second kappa shape index (κ2) is 6.28. The number of nitrogens with one attached hydrogen (secondary N) is 1. The first-order valence-electron chi connectivity index (χ1n) is 6.12. The first-order chi connectivity index (χ1) is 9.85. The number of aromatic nitrogens is 2. The van der Waals surface area contributed by atoms with E-state index in [0.29, 0.717) is 10.6 Å². The van der Waals surface area contributed by atoms with E-state index in [-0.39, 0.29) is 18.2 Å². The minimum absolute atomic E-state index is 0.0732. The largest absolute Gasteiger partial charge is 0.351 e. The van der Waals surface area contributed by atoms with E-state index in [1.54, 1.807) is 35.1 Å². The van der Waals surface area contributed by atoms with Crippen LogP contribution < -0.4 is 5.32 Å². The molecular formula is C13H14ClN3O3S. The number of hydrogen-bond donors (Lipinski definition) is 1. The van der Waals surface area contributed by atoms with Crippen molar-refractivity contribution in [2.24, 2.45) is 0 Å². The van der Waals surface area contributed by atoms with E-state index >= 15 is 0 Å². The van der Waals surface area contributed by atoms with Crippen molar-refractivity contribution in [1.82, 2.24) is 15.1 Å². The van der Waals surface area contributed by atoms with Crippen LogP contribution in [-0.2, 0) is 9.84 Å². The molecule has 112 valence electrons. The summed E-state index contributed by atoms with van der Waals surface area (Å²) in [5.74, 6) is -0.455. The Morgan fingerprint density at radius 3 is 2.62 bits per heavy atom.